The Hall–Kier alpha value is -0.0600. The van der Waals surface area contributed by atoms with Crippen molar-refractivity contribution in [2.45, 2.75) is 0 Å². The van der Waals surface area contributed by atoms with E-state index in [1.807, 2.05) is 0 Å². The highest BCUT2D eigenvalue weighted by Crippen LogP contribution is 1.82. The molecule has 0 aromatic carbocycles. The van der Waals surface area contributed by atoms with Crippen LogP contribution in [0.15, 0.2) is 0 Å². The summed E-state index contributed by atoms with van der Waals surface area (Å²) in [5, 5.41) is 0. The summed E-state index contributed by atoms with van der Waals surface area (Å²) in [6.45, 7) is 0. The van der Waals surface area contributed by atoms with Crippen LogP contribution in [0.25, 0.3) is 0 Å². The maximum absolute atomic E-state index is 9.16. The van der Waals surface area contributed by atoms with Crippen molar-refractivity contribution in [2.75, 3.05) is 0 Å². The molecule has 9 heavy (non-hydrogen) atoms. The third-order valence-corrected chi connectivity index (χ3v) is 1.50. The third kappa shape index (κ3) is 7.94. The maximum Gasteiger partial charge on any atom is 0.165 e. The van der Waals surface area contributed by atoms with Crippen LogP contribution in [0.2, 0.25) is 0 Å². The van der Waals surface area contributed by atoms with Gasteiger partial charge in [0.15, 0.2) is 9.15 Å². The van der Waals surface area contributed by atoms with E-state index in [1.54, 1.807) is 0 Å². The van der Waals surface area contributed by atoms with Gasteiger partial charge >= 0.3 is 0 Å². The Morgan fingerprint density at radius 1 is 1.22 bits per heavy atom. The molecule has 0 spiro atoms. The predicted octanol–water partition coefficient (Wildman–Crippen LogP) is -0.922. The van der Waals surface area contributed by atoms with Crippen molar-refractivity contribution in [3.8, 4) is 0 Å². The van der Waals surface area contributed by atoms with Gasteiger partial charge in [-0.15, -0.1) is 0 Å². The molecule has 0 bridgehead atoms. The Morgan fingerprint density at radius 2 is 1.33 bits per heavy atom. The summed E-state index contributed by atoms with van der Waals surface area (Å²) in [7, 11) is -8.59. The van der Waals surface area contributed by atoms with Gasteiger partial charge in [-0.3, -0.25) is 4.21 Å². The Balaban J connectivity index is -0.000000180. The highest BCUT2D eigenvalue weighted by atomic mass is 33.2. The maximum atomic E-state index is 9.16. The Labute approximate surface area is 54.1 Å². The molecule has 60 valence electrons. The topological polar surface area (TPSA) is 170 Å². The lowest BCUT2D eigenvalue weighted by Crippen LogP contribution is -2.04. The summed E-state index contributed by atoms with van der Waals surface area (Å²) in [6, 6.07) is 0. The summed E-state index contributed by atoms with van der Waals surface area (Å²) < 4.78 is 45.7. The molecular formula is H8N2O5S2. The second kappa shape index (κ2) is 4.78. The van der Waals surface area contributed by atoms with Crippen LogP contribution in [-0.4, -0.2) is 21.7 Å². The first kappa shape index (κ1) is 16.0. The molecular weight excluding hydrogens is 172 g/mol. The van der Waals surface area contributed by atoms with Crippen LogP contribution < -0.4 is 12.3 Å². The molecule has 0 rings (SSSR count). The zero-order valence-electron chi connectivity index (χ0n) is 4.86. The van der Waals surface area contributed by atoms with Gasteiger partial charge in [-0.2, -0.15) is 0 Å². The number of hydrogen-bond acceptors (Lipinski definition) is 5. The van der Waals surface area contributed by atoms with Crippen molar-refractivity contribution in [2.24, 2.45) is 0 Å². The van der Waals surface area contributed by atoms with Crippen LogP contribution >= 0.6 is 0 Å². The average molecular weight is 180 g/mol. The molecule has 1 atom stereocenters. The van der Waals surface area contributed by atoms with E-state index >= 15 is 0 Å². The van der Waals surface area contributed by atoms with E-state index in [4.69, 9.17) is 21.7 Å². The van der Waals surface area contributed by atoms with Gasteiger partial charge in [0.2, 0.25) is 0 Å². The Morgan fingerprint density at radius 3 is 1.33 bits per heavy atom. The first-order valence-corrected chi connectivity index (χ1v) is 4.00. The van der Waals surface area contributed by atoms with E-state index in [0.717, 1.165) is 0 Å². The van der Waals surface area contributed by atoms with Crippen molar-refractivity contribution >= 4 is 19.3 Å². The third-order valence-electron chi connectivity index (χ3n) is 0.167. The number of rotatable bonds is 1. The second-order valence-corrected chi connectivity index (χ2v) is 3.88. The summed E-state index contributed by atoms with van der Waals surface area (Å²) >= 11 is 0. The standard InChI is InChI=1S/2H3N.H2O5S2/c;;1-6(2)7(3,4)5/h2*1H3;(H,1,2)(H,3,4,5). The van der Waals surface area contributed by atoms with Crippen LogP contribution in [0.1, 0.15) is 0 Å². The monoisotopic (exact) mass is 180 g/mol. The normalized spacial score (nSPS) is 12.7. The number of hydrogen-bond donors (Lipinski definition) is 2. The molecule has 0 heterocycles. The molecule has 0 saturated heterocycles. The summed E-state index contributed by atoms with van der Waals surface area (Å²) in [5.74, 6) is 0. The minimum atomic E-state index is -5.07. The summed E-state index contributed by atoms with van der Waals surface area (Å²) in [5.41, 5.74) is 0. The quantitative estimate of drug-likeness (QED) is 0.301. The molecule has 0 aliphatic heterocycles. The largest absolute Gasteiger partial charge is 0.761 e. The SMILES string of the molecule is O=S([O-])S(=O)(=O)[O-].[NH4+].[NH4+]. The Bertz CT molecular complexity index is 167. The molecule has 0 aromatic heterocycles. The van der Waals surface area contributed by atoms with Gasteiger partial charge in [-0.25, -0.2) is 8.42 Å². The second-order valence-electron chi connectivity index (χ2n) is 0.612. The fourth-order valence-corrected chi connectivity index (χ4v) is 0. The lowest BCUT2D eigenvalue weighted by atomic mass is 14.0. The Kier molecular flexibility index (Phi) is 8.49. The van der Waals surface area contributed by atoms with Crippen molar-refractivity contribution in [1.82, 2.24) is 12.3 Å². The van der Waals surface area contributed by atoms with Gasteiger partial charge in [0.1, 0.15) is 0 Å². The van der Waals surface area contributed by atoms with Gasteiger partial charge in [-0.1, -0.05) is 0 Å². The van der Waals surface area contributed by atoms with Crippen molar-refractivity contribution in [1.29, 1.82) is 0 Å². The molecule has 0 aromatic rings. The average Bonchev–Trinajstić information content (AvgIpc) is 1.31. The van der Waals surface area contributed by atoms with E-state index in [2.05, 4.69) is 0 Å². The van der Waals surface area contributed by atoms with Crippen molar-refractivity contribution < 1.29 is 21.7 Å². The van der Waals surface area contributed by atoms with Crippen LogP contribution in [-0.2, 0) is 19.3 Å². The molecule has 0 aliphatic rings. The molecule has 7 nitrogen and oxygen atoms in total. The van der Waals surface area contributed by atoms with Gasteiger partial charge in [0, 0.05) is 0 Å². The molecule has 0 aliphatic carbocycles. The molecule has 1 unspecified atom stereocenters. The fraction of sp³-hybridized carbons (Fsp3) is 0. The van der Waals surface area contributed by atoms with Crippen LogP contribution in [0, 0.1) is 0 Å². The predicted molar refractivity (Wildman–Crippen MR) is 30.6 cm³/mol. The molecule has 0 radical (unpaired) electrons. The van der Waals surface area contributed by atoms with Crippen molar-refractivity contribution in [3.63, 3.8) is 0 Å². The van der Waals surface area contributed by atoms with E-state index in [1.165, 1.54) is 0 Å². The van der Waals surface area contributed by atoms with Gasteiger partial charge in [0.05, 0.1) is 10.1 Å². The first-order chi connectivity index (χ1) is 2.94. The van der Waals surface area contributed by atoms with Gasteiger partial charge in [0.25, 0.3) is 0 Å². The fourth-order valence-electron chi connectivity index (χ4n) is 0. The van der Waals surface area contributed by atoms with Crippen LogP contribution in [0.5, 0.6) is 0 Å². The smallest absolute Gasteiger partial charge is 0.165 e. The van der Waals surface area contributed by atoms with E-state index < -0.39 is 19.3 Å². The zero-order chi connectivity index (χ0) is 6.08. The van der Waals surface area contributed by atoms with Crippen LogP contribution in [0.3, 0.4) is 0 Å². The minimum absolute atomic E-state index is 0. The molecule has 0 saturated carbocycles. The van der Waals surface area contributed by atoms with Crippen LogP contribution in [0.4, 0.5) is 0 Å². The van der Waals surface area contributed by atoms with E-state index in [9.17, 15) is 0 Å². The molecule has 8 N–H and O–H groups in total. The van der Waals surface area contributed by atoms with E-state index in [-0.39, 0.29) is 12.3 Å². The lowest BCUT2D eigenvalue weighted by Gasteiger charge is -2.06. The zero-order valence-corrected chi connectivity index (χ0v) is 6.49. The number of quaternary nitrogens is 2. The highest BCUT2D eigenvalue weighted by Gasteiger charge is 1.87. The minimum Gasteiger partial charge on any atom is -0.761 e. The molecule has 9 heteroatoms. The lowest BCUT2D eigenvalue weighted by molar-refractivity contribution is 0.466. The molecule has 0 fully saturated rings. The highest BCUT2D eigenvalue weighted by molar-refractivity contribution is 8.59. The van der Waals surface area contributed by atoms with Gasteiger partial charge < -0.3 is 21.4 Å². The van der Waals surface area contributed by atoms with E-state index in [0.29, 0.717) is 0 Å². The van der Waals surface area contributed by atoms with Crippen molar-refractivity contribution in [3.05, 3.63) is 0 Å². The first-order valence-electron chi connectivity index (χ1n) is 1.00. The summed E-state index contributed by atoms with van der Waals surface area (Å²) in [4.78, 5) is 0. The summed E-state index contributed by atoms with van der Waals surface area (Å²) in [6.07, 6.45) is 0. The van der Waals surface area contributed by atoms with Gasteiger partial charge in [-0.05, 0) is 0 Å². The molecule has 0 amide bonds.